The van der Waals surface area contributed by atoms with Crippen LogP contribution in [0.25, 0.3) is 0 Å². The molecule has 8 unspecified atom stereocenters. The van der Waals surface area contributed by atoms with Crippen LogP contribution in [-0.2, 0) is 9.53 Å². The van der Waals surface area contributed by atoms with Gasteiger partial charge in [-0.1, -0.05) is 65.5 Å². The lowest BCUT2D eigenvalue weighted by Crippen LogP contribution is -2.51. The van der Waals surface area contributed by atoms with Gasteiger partial charge in [-0.25, -0.2) is 0 Å². The van der Waals surface area contributed by atoms with E-state index >= 15 is 0 Å². The highest BCUT2D eigenvalue weighted by atomic mass is 16.5. The Hall–Kier alpha value is -0.790. The highest BCUT2D eigenvalue weighted by molar-refractivity contribution is 5.38. The largest absolute Gasteiger partial charge is 0.464 e. The van der Waals surface area contributed by atoms with Gasteiger partial charge in [-0.15, -0.1) is 0 Å². The van der Waals surface area contributed by atoms with E-state index < -0.39 is 0 Å². The van der Waals surface area contributed by atoms with Crippen LogP contribution in [0.3, 0.4) is 0 Å². The number of carbonyl (C=O) groups is 1. The van der Waals surface area contributed by atoms with Crippen LogP contribution in [0.1, 0.15) is 105 Å². The minimum atomic E-state index is 0.120. The third kappa shape index (κ3) is 3.79. The molecule has 0 amide bonds. The molecule has 2 heteroatoms. The molecule has 0 radical (unpaired) electrons. The van der Waals surface area contributed by atoms with Gasteiger partial charge < -0.3 is 4.74 Å². The van der Waals surface area contributed by atoms with Gasteiger partial charge in [0.2, 0.25) is 0 Å². The minimum Gasteiger partial charge on any atom is -0.464 e. The Morgan fingerprint density at radius 1 is 1.07 bits per heavy atom. The first-order chi connectivity index (χ1) is 14.3. The van der Waals surface area contributed by atoms with Gasteiger partial charge in [0.25, 0.3) is 6.47 Å². The molecule has 0 spiro atoms. The highest BCUT2D eigenvalue weighted by Gasteiger charge is 2.59. The van der Waals surface area contributed by atoms with E-state index in [0.717, 1.165) is 48.3 Å². The van der Waals surface area contributed by atoms with Crippen molar-refractivity contribution in [2.24, 2.45) is 46.3 Å². The molecule has 0 aromatic carbocycles. The molecular formula is C28H46O2. The number of hydrogen-bond donors (Lipinski definition) is 0. The predicted molar refractivity (Wildman–Crippen MR) is 124 cm³/mol. The molecule has 0 bridgehead atoms. The lowest BCUT2D eigenvalue weighted by Gasteiger charge is -2.58. The van der Waals surface area contributed by atoms with Crippen molar-refractivity contribution in [2.75, 3.05) is 0 Å². The molecule has 3 fully saturated rings. The van der Waals surface area contributed by atoms with Gasteiger partial charge in [0, 0.05) is 6.42 Å². The fourth-order valence-electron chi connectivity index (χ4n) is 8.85. The van der Waals surface area contributed by atoms with Gasteiger partial charge in [0.1, 0.15) is 6.10 Å². The van der Waals surface area contributed by atoms with Crippen molar-refractivity contribution >= 4 is 6.47 Å². The summed E-state index contributed by atoms with van der Waals surface area (Å²) in [5.41, 5.74) is 2.54. The summed E-state index contributed by atoms with van der Waals surface area (Å²) in [6.07, 6.45) is 17.2. The van der Waals surface area contributed by atoms with Crippen molar-refractivity contribution < 1.29 is 9.53 Å². The standard InChI is InChI=1S/C28H46O2/c1-19(2)7-6-8-20(3)24-11-12-25-23-10-9-21-17-22(30-18-29)13-15-27(21,4)26(23)14-16-28(24,25)5/h9,18-20,22-26H,6-8,10-17H2,1-5H3. The third-order valence-electron chi connectivity index (χ3n) is 10.5. The van der Waals surface area contributed by atoms with Gasteiger partial charge in [0.15, 0.2) is 0 Å². The van der Waals surface area contributed by atoms with Crippen LogP contribution in [0.4, 0.5) is 0 Å². The second kappa shape index (κ2) is 8.62. The summed E-state index contributed by atoms with van der Waals surface area (Å²) in [5, 5.41) is 0. The van der Waals surface area contributed by atoms with Gasteiger partial charge in [0.05, 0.1) is 0 Å². The van der Waals surface area contributed by atoms with E-state index in [-0.39, 0.29) is 6.10 Å². The molecule has 170 valence electrons. The molecule has 0 aliphatic heterocycles. The molecule has 8 atom stereocenters. The van der Waals surface area contributed by atoms with Gasteiger partial charge in [-0.2, -0.15) is 0 Å². The number of rotatable bonds is 7. The van der Waals surface area contributed by atoms with Gasteiger partial charge >= 0.3 is 0 Å². The van der Waals surface area contributed by atoms with E-state index in [4.69, 9.17) is 4.74 Å². The number of allylic oxidation sites excluding steroid dienone is 1. The Morgan fingerprint density at radius 3 is 2.60 bits per heavy atom. The van der Waals surface area contributed by atoms with E-state index in [0.29, 0.717) is 17.3 Å². The maximum Gasteiger partial charge on any atom is 0.293 e. The molecule has 3 saturated carbocycles. The summed E-state index contributed by atoms with van der Waals surface area (Å²) >= 11 is 0. The van der Waals surface area contributed by atoms with Crippen LogP contribution in [0.2, 0.25) is 0 Å². The van der Waals surface area contributed by atoms with Crippen LogP contribution < -0.4 is 0 Å². The SMILES string of the molecule is CC(C)CCCC(C)C1CCC2C3CC=C4CC(OC=O)CCC4(C)C3CCC12C. The zero-order chi connectivity index (χ0) is 21.5. The lowest BCUT2D eigenvalue weighted by molar-refractivity contribution is -0.136. The maximum atomic E-state index is 10.8. The predicted octanol–water partition coefficient (Wildman–Crippen LogP) is 7.57. The summed E-state index contributed by atoms with van der Waals surface area (Å²) in [5.74, 6) is 5.32. The van der Waals surface area contributed by atoms with Crippen LogP contribution in [0, 0.1) is 46.3 Å². The van der Waals surface area contributed by atoms with E-state index in [1.165, 1.54) is 57.8 Å². The van der Waals surface area contributed by atoms with Crippen molar-refractivity contribution in [1.82, 2.24) is 0 Å². The van der Waals surface area contributed by atoms with Gasteiger partial charge in [-0.05, 0) is 91.3 Å². The van der Waals surface area contributed by atoms with Crippen molar-refractivity contribution in [3.63, 3.8) is 0 Å². The lowest BCUT2D eigenvalue weighted by atomic mass is 9.47. The van der Waals surface area contributed by atoms with Crippen LogP contribution in [0.15, 0.2) is 11.6 Å². The quantitative estimate of drug-likeness (QED) is 0.317. The number of hydrogen-bond acceptors (Lipinski definition) is 2. The zero-order valence-corrected chi connectivity index (χ0v) is 20.3. The molecule has 0 saturated heterocycles. The average Bonchev–Trinajstić information content (AvgIpc) is 3.05. The molecule has 4 rings (SSSR count). The fourth-order valence-corrected chi connectivity index (χ4v) is 8.85. The Bertz CT molecular complexity index is 651. The van der Waals surface area contributed by atoms with Crippen LogP contribution in [0.5, 0.6) is 0 Å². The van der Waals surface area contributed by atoms with E-state index in [1.807, 2.05) is 0 Å². The number of ether oxygens (including phenoxy) is 1. The molecule has 30 heavy (non-hydrogen) atoms. The summed E-state index contributed by atoms with van der Waals surface area (Å²) in [7, 11) is 0. The van der Waals surface area contributed by atoms with Gasteiger partial charge in [-0.3, -0.25) is 4.79 Å². The summed E-state index contributed by atoms with van der Waals surface area (Å²) < 4.78 is 5.36. The molecule has 2 nitrogen and oxygen atoms in total. The molecule has 0 aromatic rings. The first-order valence-electron chi connectivity index (χ1n) is 13.1. The third-order valence-corrected chi connectivity index (χ3v) is 10.5. The van der Waals surface area contributed by atoms with Crippen LogP contribution >= 0.6 is 0 Å². The smallest absolute Gasteiger partial charge is 0.293 e. The molecule has 0 N–H and O–H groups in total. The maximum absolute atomic E-state index is 10.8. The molecular weight excluding hydrogens is 368 g/mol. The van der Waals surface area contributed by atoms with E-state index in [9.17, 15) is 4.79 Å². The Balaban J connectivity index is 1.47. The minimum absolute atomic E-state index is 0.120. The van der Waals surface area contributed by atoms with Crippen LogP contribution in [-0.4, -0.2) is 12.6 Å². The van der Waals surface area contributed by atoms with Crippen molar-refractivity contribution in [3.8, 4) is 0 Å². The molecule has 0 heterocycles. The number of fused-ring (bicyclic) bond motifs is 5. The Labute approximate surface area is 185 Å². The second-order valence-electron chi connectivity index (χ2n) is 12.4. The van der Waals surface area contributed by atoms with E-state index in [1.54, 1.807) is 5.57 Å². The first-order valence-corrected chi connectivity index (χ1v) is 13.1. The van der Waals surface area contributed by atoms with E-state index in [2.05, 4.69) is 40.7 Å². The molecule has 0 aromatic heterocycles. The molecule has 4 aliphatic rings. The second-order valence-corrected chi connectivity index (χ2v) is 12.4. The fraction of sp³-hybridized carbons (Fsp3) is 0.893. The number of carbonyl (C=O) groups excluding carboxylic acids is 1. The summed E-state index contributed by atoms with van der Waals surface area (Å²) in [4.78, 5) is 10.8. The van der Waals surface area contributed by atoms with Crippen molar-refractivity contribution in [1.29, 1.82) is 0 Å². The highest BCUT2D eigenvalue weighted by Crippen LogP contribution is 2.67. The normalized spacial score (nSPS) is 43.9. The topological polar surface area (TPSA) is 26.3 Å². The Morgan fingerprint density at radius 2 is 1.87 bits per heavy atom. The monoisotopic (exact) mass is 414 g/mol. The summed E-state index contributed by atoms with van der Waals surface area (Å²) in [6.45, 7) is 13.2. The van der Waals surface area contributed by atoms with Crippen molar-refractivity contribution in [2.45, 2.75) is 111 Å². The first kappa shape index (κ1) is 22.4. The zero-order valence-electron chi connectivity index (χ0n) is 20.3. The molecule has 4 aliphatic carbocycles. The average molecular weight is 415 g/mol. The Kier molecular flexibility index (Phi) is 6.44. The summed E-state index contributed by atoms with van der Waals surface area (Å²) in [6, 6.07) is 0. The van der Waals surface area contributed by atoms with Crippen molar-refractivity contribution in [3.05, 3.63) is 11.6 Å².